The quantitative estimate of drug-likeness (QED) is 0.391. The molecule has 4 rings (SSSR count). The Labute approximate surface area is 190 Å². The van der Waals surface area contributed by atoms with Gasteiger partial charge < -0.3 is 9.47 Å². The van der Waals surface area contributed by atoms with Crippen LogP contribution >= 0.6 is 0 Å². The lowest BCUT2D eigenvalue weighted by molar-refractivity contribution is -0.128. The van der Waals surface area contributed by atoms with Crippen molar-refractivity contribution in [1.82, 2.24) is 19.2 Å². The summed E-state index contributed by atoms with van der Waals surface area (Å²) in [6.45, 7) is 3.04. The summed E-state index contributed by atoms with van der Waals surface area (Å²) in [4.78, 5) is 14.6. The minimum absolute atomic E-state index is 0.0116. The normalized spacial score (nSPS) is 11.9. The third-order valence-corrected chi connectivity index (χ3v) is 6.42. The molecule has 0 fully saturated rings. The highest BCUT2D eigenvalue weighted by Crippen LogP contribution is 2.21. The van der Waals surface area contributed by atoms with Gasteiger partial charge in [-0.1, -0.05) is 48.5 Å². The van der Waals surface area contributed by atoms with Crippen LogP contribution in [0.5, 0.6) is 0 Å². The molecule has 2 aromatic heterocycles. The number of benzene rings is 2. The van der Waals surface area contributed by atoms with Gasteiger partial charge in [0.1, 0.15) is 11.6 Å². The summed E-state index contributed by atoms with van der Waals surface area (Å²) < 4.78 is 16.8. The summed E-state index contributed by atoms with van der Waals surface area (Å²) in [5.74, 6) is 0.975. The molecule has 0 N–H and O–H groups in total. The Morgan fingerprint density at radius 2 is 1.62 bits per heavy atom. The highest BCUT2D eigenvalue weighted by molar-refractivity contribution is 7.84. The molecule has 0 aliphatic carbocycles. The second-order valence-electron chi connectivity index (χ2n) is 7.45. The smallest absolute Gasteiger partial charge is 0.235 e. The highest BCUT2D eigenvalue weighted by Gasteiger charge is 2.20. The average Bonchev–Trinajstić information content (AvgIpc) is 3.48. The fourth-order valence-electron chi connectivity index (χ4n) is 3.62. The fourth-order valence-corrected chi connectivity index (χ4v) is 4.73. The molecule has 2 heterocycles. The number of hydrogen-bond acceptors (Lipinski definition) is 3. The van der Waals surface area contributed by atoms with Gasteiger partial charge in [0.25, 0.3) is 0 Å². The molecule has 0 saturated heterocycles. The van der Waals surface area contributed by atoms with Gasteiger partial charge in [-0.2, -0.15) is 5.10 Å². The Kier molecular flexibility index (Phi) is 6.97. The van der Waals surface area contributed by atoms with Crippen LogP contribution in [0.3, 0.4) is 0 Å². The van der Waals surface area contributed by atoms with Crippen molar-refractivity contribution in [3.05, 3.63) is 103 Å². The minimum atomic E-state index is -1.35. The highest BCUT2D eigenvalue weighted by atomic mass is 32.2. The fraction of sp³-hybridized carbons (Fsp3) is 0.200. The summed E-state index contributed by atoms with van der Waals surface area (Å²) in [6.07, 6.45) is 5.62. The van der Waals surface area contributed by atoms with Crippen LogP contribution in [0, 0.1) is 0 Å². The van der Waals surface area contributed by atoms with Crippen LogP contribution in [0.4, 0.5) is 0 Å². The first-order chi connectivity index (χ1) is 15.7. The molecule has 1 amide bonds. The topological polar surface area (TPSA) is 60.1 Å². The van der Waals surface area contributed by atoms with Gasteiger partial charge in [0.2, 0.25) is 5.91 Å². The summed E-state index contributed by atoms with van der Waals surface area (Å²) in [5, 5.41) is 4.55. The van der Waals surface area contributed by atoms with Crippen molar-refractivity contribution in [2.24, 2.45) is 0 Å². The zero-order valence-corrected chi connectivity index (χ0v) is 18.8. The zero-order valence-electron chi connectivity index (χ0n) is 18.0. The maximum atomic E-state index is 13.0. The van der Waals surface area contributed by atoms with E-state index in [1.807, 2.05) is 101 Å². The van der Waals surface area contributed by atoms with E-state index in [9.17, 15) is 9.00 Å². The molecule has 0 aliphatic rings. The summed E-state index contributed by atoms with van der Waals surface area (Å²) >= 11 is 0. The molecule has 0 saturated carbocycles. The van der Waals surface area contributed by atoms with E-state index < -0.39 is 10.8 Å². The predicted octanol–water partition coefficient (Wildman–Crippen LogP) is 3.96. The van der Waals surface area contributed by atoms with E-state index in [-0.39, 0.29) is 17.4 Å². The summed E-state index contributed by atoms with van der Waals surface area (Å²) in [7, 11) is -1.35. The lowest BCUT2D eigenvalue weighted by Crippen LogP contribution is -2.34. The molecule has 164 valence electrons. The molecular weight excluding hydrogens is 420 g/mol. The van der Waals surface area contributed by atoms with Gasteiger partial charge in [0.15, 0.2) is 0 Å². The number of rotatable bonds is 9. The summed E-state index contributed by atoms with van der Waals surface area (Å²) in [6, 6.07) is 23.6. The number of carbonyl (C=O) groups excluding carboxylic acids is 1. The molecular formula is C25H26N4O2S. The third kappa shape index (κ3) is 5.06. The molecule has 0 aliphatic heterocycles. The van der Waals surface area contributed by atoms with Crippen molar-refractivity contribution in [2.75, 3.05) is 12.3 Å². The molecule has 0 radical (unpaired) electrons. The Bertz CT molecular complexity index is 1170. The van der Waals surface area contributed by atoms with E-state index >= 15 is 0 Å². The first kappa shape index (κ1) is 21.8. The SMILES string of the molecule is CCN(Cc1ccccc1)C(=O)CS(=O)Cc1cnn(-c2ccccc2)c1-n1cccc1. The van der Waals surface area contributed by atoms with Crippen LogP contribution in [0.25, 0.3) is 11.5 Å². The van der Waals surface area contributed by atoms with Gasteiger partial charge in [-0.25, -0.2) is 4.68 Å². The van der Waals surface area contributed by atoms with E-state index in [0.717, 1.165) is 22.6 Å². The van der Waals surface area contributed by atoms with E-state index in [2.05, 4.69) is 5.10 Å². The van der Waals surface area contributed by atoms with Crippen molar-refractivity contribution < 1.29 is 9.00 Å². The van der Waals surface area contributed by atoms with Gasteiger partial charge in [0, 0.05) is 41.8 Å². The van der Waals surface area contributed by atoms with Gasteiger partial charge in [-0.15, -0.1) is 0 Å². The van der Waals surface area contributed by atoms with Crippen molar-refractivity contribution in [1.29, 1.82) is 0 Å². The maximum absolute atomic E-state index is 13.0. The average molecular weight is 447 g/mol. The number of nitrogens with zero attached hydrogens (tertiary/aromatic N) is 4. The monoisotopic (exact) mass is 446 g/mol. The molecule has 0 bridgehead atoms. The van der Waals surface area contributed by atoms with Crippen LogP contribution in [-0.2, 0) is 27.9 Å². The van der Waals surface area contributed by atoms with Crippen molar-refractivity contribution >= 4 is 16.7 Å². The molecule has 6 nitrogen and oxygen atoms in total. The molecule has 0 spiro atoms. The van der Waals surface area contributed by atoms with E-state index in [1.165, 1.54) is 0 Å². The third-order valence-electron chi connectivity index (χ3n) is 5.22. The van der Waals surface area contributed by atoms with Crippen LogP contribution in [0.15, 0.2) is 91.4 Å². The predicted molar refractivity (Wildman–Crippen MR) is 127 cm³/mol. The molecule has 1 atom stereocenters. The number of amides is 1. The molecule has 4 aromatic rings. The maximum Gasteiger partial charge on any atom is 0.235 e. The van der Waals surface area contributed by atoms with Gasteiger partial charge in [-0.3, -0.25) is 9.00 Å². The zero-order chi connectivity index (χ0) is 22.3. The first-order valence-corrected chi connectivity index (χ1v) is 12.1. The Balaban J connectivity index is 1.51. The van der Waals surface area contributed by atoms with Crippen molar-refractivity contribution in [3.63, 3.8) is 0 Å². The van der Waals surface area contributed by atoms with E-state index in [0.29, 0.717) is 13.1 Å². The Hall–Kier alpha value is -3.45. The number of hydrogen-bond donors (Lipinski definition) is 0. The molecule has 1 unspecified atom stereocenters. The number of aromatic nitrogens is 3. The van der Waals surface area contributed by atoms with Gasteiger partial charge in [-0.05, 0) is 36.8 Å². The van der Waals surface area contributed by atoms with Crippen LogP contribution in [0.2, 0.25) is 0 Å². The lowest BCUT2D eigenvalue weighted by atomic mass is 10.2. The molecule has 2 aromatic carbocycles. The van der Waals surface area contributed by atoms with Gasteiger partial charge >= 0.3 is 0 Å². The standard InChI is InChI=1S/C25H26N4O2S/c1-2-27(18-21-11-5-3-6-12-21)24(30)20-32(31)19-22-17-26-29(23-13-7-4-8-14-23)25(22)28-15-9-10-16-28/h3-17H,2,18-20H2,1H3. The second kappa shape index (κ2) is 10.2. The van der Waals surface area contributed by atoms with Crippen molar-refractivity contribution in [2.45, 2.75) is 19.2 Å². The van der Waals surface area contributed by atoms with Crippen LogP contribution < -0.4 is 0 Å². The number of carbonyl (C=O) groups is 1. The largest absolute Gasteiger partial charge is 0.338 e. The van der Waals surface area contributed by atoms with Crippen LogP contribution in [-0.4, -0.2) is 41.7 Å². The number of para-hydroxylation sites is 1. The second-order valence-corrected chi connectivity index (χ2v) is 8.91. The van der Waals surface area contributed by atoms with E-state index in [4.69, 9.17) is 0 Å². The van der Waals surface area contributed by atoms with E-state index in [1.54, 1.807) is 11.1 Å². The van der Waals surface area contributed by atoms with Crippen molar-refractivity contribution in [3.8, 4) is 11.5 Å². The molecule has 7 heteroatoms. The summed E-state index contributed by atoms with van der Waals surface area (Å²) in [5.41, 5.74) is 2.82. The minimum Gasteiger partial charge on any atom is -0.338 e. The van der Waals surface area contributed by atoms with Crippen LogP contribution in [0.1, 0.15) is 18.1 Å². The Morgan fingerprint density at radius 1 is 0.969 bits per heavy atom. The molecule has 32 heavy (non-hydrogen) atoms. The van der Waals surface area contributed by atoms with Gasteiger partial charge in [0.05, 0.1) is 17.6 Å². The lowest BCUT2D eigenvalue weighted by Gasteiger charge is -2.21. The Morgan fingerprint density at radius 3 is 2.28 bits per heavy atom. The first-order valence-electron chi connectivity index (χ1n) is 10.6.